The molecule has 1 nitrogen and oxygen atoms in total. The van der Waals surface area contributed by atoms with Crippen LogP contribution in [-0.2, 0) is 4.79 Å². The van der Waals surface area contributed by atoms with Crippen LogP contribution in [0.2, 0.25) is 0 Å². The monoisotopic (exact) mass is 326 g/mol. The van der Waals surface area contributed by atoms with Gasteiger partial charge in [0.1, 0.15) is 0 Å². The van der Waals surface area contributed by atoms with Crippen molar-refractivity contribution < 1.29 is 4.79 Å². The van der Waals surface area contributed by atoms with Gasteiger partial charge in [-0.3, -0.25) is 4.79 Å². The molecule has 14 heavy (non-hydrogen) atoms. The molecular weight excluding hydrogens is 308 g/mol. The van der Waals surface area contributed by atoms with E-state index in [2.05, 4.69) is 73.4 Å². The van der Waals surface area contributed by atoms with Crippen LogP contribution >= 0.6 is 31.9 Å². The molecule has 0 fully saturated rings. The molecule has 0 spiro atoms. The summed E-state index contributed by atoms with van der Waals surface area (Å²) in [5, 5.41) is 0. The molecule has 0 aliphatic heterocycles. The average molecular weight is 328 g/mol. The van der Waals surface area contributed by atoms with Crippen molar-refractivity contribution in [3.05, 3.63) is 0 Å². The van der Waals surface area contributed by atoms with Gasteiger partial charge in [-0.25, -0.2) is 0 Å². The van der Waals surface area contributed by atoms with Crippen molar-refractivity contribution in [2.24, 2.45) is 10.8 Å². The molecule has 0 aliphatic rings. The summed E-state index contributed by atoms with van der Waals surface area (Å²) in [6, 6.07) is 0. The van der Waals surface area contributed by atoms with Crippen LogP contribution in [0.15, 0.2) is 0 Å². The van der Waals surface area contributed by atoms with Crippen LogP contribution in [0.4, 0.5) is 0 Å². The van der Waals surface area contributed by atoms with Crippen molar-refractivity contribution in [1.82, 2.24) is 0 Å². The van der Waals surface area contributed by atoms with E-state index in [0.717, 1.165) is 0 Å². The van der Waals surface area contributed by atoms with Crippen LogP contribution < -0.4 is 0 Å². The summed E-state index contributed by atoms with van der Waals surface area (Å²) < 4.78 is 0. The van der Waals surface area contributed by atoms with E-state index in [1.165, 1.54) is 0 Å². The molecular formula is C11H20Br2O. The number of alkyl halides is 2. The Morgan fingerprint density at radius 3 is 1.21 bits per heavy atom. The van der Waals surface area contributed by atoms with Crippen molar-refractivity contribution in [3.8, 4) is 0 Å². The molecule has 0 aromatic heterocycles. The standard InChI is InChI=1S/C11H20Br2O/c1-10(2,3)8(12)7(14)9(13)11(4,5)6/h8-9H,1-6H3/t8-,9+. The first kappa shape index (κ1) is 14.6. The Bertz CT molecular complexity index is 188. The SMILES string of the molecule is CC(C)(C)[C@H](Br)C(=O)[C@H](Br)C(C)(C)C. The molecule has 0 rings (SSSR count). The molecule has 3 heteroatoms. The second-order valence-electron chi connectivity index (χ2n) is 5.86. The van der Waals surface area contributed by atoms with Crippen molar-refractivity contribution in [1.29, 1.82) is 0 Å². The van der Waals surface area contributed by atoms with Crippen LogP contribution in [0.3, 0.4) is 0 Å². The number of hydrogen-bond acceptors (Lipinski definition) is 1. The van der Waals surface area contributed by atoms with Gasteiger partial charge in [-0.2, -0.15) is 0 Å². The number of carbonyl (C=O) groups is 1. The summed E-state index contributed by atoms with van der Waals surface area (Å²) in [6.45, 7) is 12.4. The predicted octanol–water partition coefficient (Wildman–Crippen LogP) is 4.17. The van der Waals surface area contributed by atoms with E-state index in [9.17, 15) is 4.79 Å². The molecule has 0 radical (unpaired) electrons. The first-order valence-electron chi connectivity index (χ1n) is 4.80. The number of carbonyl (C=O) groups excluding carboxylic acids is 1. The van der Waals surface area contributed by atoms with Gasteiger partial charge in [-0.05, 0) is 10.8 Å². The summed E-state index contributed by atoms with van der Waals surface area (Å²) in [7, 11) is 0. The zero-order valence-corrected chi connectivity index (χ0v) is 13.0. The Kier molecular flexibility index (Phi) is 4.86. The number of rotatable bonds is 2. The fourth-order valence-electron chi connectivity index (χ4n) is 0.982. The third-order valence-corrected chi connectivity index (χ3v) is 5.67. The normalized spacial score (nSPS) is 17.7. The van der Waals surface area contributed by atoms with Gasteiger partial charge >= 0.3 is 0 Å². The van der Waals surface area contributed by atoms with Gasteiger partial charge in [0.25, 0.3) is 0 Å². The first-order chi connectivity index (χ1) is 5.98. The number of ketones is 1. The van der Waals surface area contributed by atoms with Crippen molar-refractivity contribution in [2.75, 3.05) is 0 Å². The minimum Gasteiger partial charge on any atom is -0.297 e. The lowest BCUT2D eigenvalue weighted by atomic mass is 9.82. The molecule has 84 valence electrons. The highest BCUT2D eigenvalue weighted by Crippen LogP contribution is 2.34. The molecule has 0 bridgehead atoms. The van der Waals surface area contributed by atoms with E-state index in [0.29, 0.717) is 0 Å². The van der Waals surface area contributed by atoms with Gasteiger partial charge in [-0.15, -0.1) is 0 Å². The Hall–Kier alpha value is 0.630. The third-order valence-electron chi connectivity index (χ3n) is 2.02. The zero-order valence-electron chi connectivity index (χ0n) is 9.82. The van der Waals surface area contributed by atoms with Gasteiger partial charge in [0, 0.05) is 0 Å². The summed E-state index contributed by atoms with van der Waals surface area (Å²) in [5.41, 5.74) is -0.0668. The molecule has 0 aromatic rings. The smallest absolute Gasteiger partial charge is 0.161 e. The summed E-state index contributed by atoms with van der Waals surface area (Å²) in [4.78, 5) is 11.8. The van der Waals surface area contributed by atoms with E-state index in [-0.39, 0.29) is 26.3 Å². The second-order valence-corrected chi connectivity index (χ2v) is 7.69. The Morgan fingerprint density at radius 2 is 1.07 bits per heavy atom. The van der Waals surface area contributed by atoms with Crippen LogP contribution in [-0.4, -0.2) is 15.4 Å². The molecule has 2 atom stereocenters. The molecule has 0 saturated carbocycles. The van der Waals surface area contributed by atoms with Crippen LogP contribution in [0.25, 0.3) is 0 Å². The van der Waals surface area contributed by atoms with E-state index >= 15 is 0 Å². The van der Waals surface area contributed by atoms with Crippen molar-refractivity contribution in [2.45, 2.75) is 51.2 Å². The van der Waals surface area contributed by atoms with Gasteiger partial charge in [0.05, 0.1) is 9.65 Å². The second kappa shape index (κ2) is 4.65. The fourth-order valence-corrected chi connectivity index (χ4v) is 1.87. The lowest BCUT2D eigenvalue weighted by Crippen LogP contribution is -2.39. The molecule has 0 heterocycles. The van der Waals surface area contributed by atoms with E-state index < -0.39 is 0 Å². The zero-order chi connectivity index (χ0) is 11.7. The highest BCUT2D eigenvalue weighted by Gasteiger charge is 2.37. The first-order valence-corrected chi connectivity index (χ1v) is 6.63. The maximum atomic E-state index is 12.0. The molecule has 0 saturated heterocycles. The minimum absolute atomic E-state index is 0.0334. The highest BCUT2D eigenvalue weighted by molar-refractivity contribution is 9.10. The lowest BCUT2D eigenvalue weighted by Gasteiger charge is -2.31. The largest absolute Gasteiger partial charge is 0.297 e. The van der Waals surface area contributed by atoms with Crippen LogP contribution in [0.1, 0.15) is 41.5 Å². The van der Waals surface area contributed by atoms with Gasteiger partial charge in [0.15, 0.2) is 5.78 Å². The topological polar surface area (TPSA) is 17.1 Å². The number of hydrogen-bond donors (Lipinski definition) is 0. The van der Waals surface area contributed by atoms with Gasteiger partial charge in [-0.1, -0.05) is 73.4 Å². The molecule has 0 unspecified atom stereocenters. The maximum Gasteiger partial charge on any atom is 0.161 e. The number of halogens is 2. The summed E-state index contributed by atoms with van der Waals surface area (Å²) in [5.74, 6) is 0.227. The Morgan fingerprint density at radius 1 is 0.857 bits per heavy atom. The maximum absolute atomic E-state index is 12.0. The van der Waals surface area contributed by atoms with Crippen molar-refractivity contribution in [3.63, 3.8) is 0 Å². The summed E-state index contributed by atoms with van der Waals surface area (Å²) >= 11 is 6.95. The van der Waals surface area contributed by atoms with Gasteiger partial charge in [0.2, 0.25) is 0 Å². The predicted molar refractivity (Wildman–Crippen MR) is 69.3 cm³/mol. The van der Waals surface area contributed by atoms with E-state index in [1.54, 1.807) is 0 Å². The Balaban J connectivity index is 4.65. The minimum atomic E-state index is -0.0985. The third kappa shape index (κ3) is 4.01. The fraction of sp³-hybridized carbons (Fsp3) is 0.909. The van der Waals surface area contributed by atoms with Gasteiger partial charge < -0.3 is 0 Å². The molecule has 0 N–H and O–H groups in total. The molecule has 0 aromatic carbocycles. The lowest BCUT2D eigenvalue weighted by molar-refractivity contribution is -0.120. The van der Waals surface area contributed by atoms with E-state index in [4.69, 9.17) is 0 Å². The molecule has 0 aliphatic carbocycles. The average Bonchev–Trinajstić information content (AvgIpc) is 1.97. The highest BCUT2D eigenvalue weighted by atomic mass is 79.9. The van der Waals surface area contributed by atoms with Crippen molar-refractivity contribution >= 4 is 37.6 Å². The van der Waals surface area contributed by atoms with Crippen LogP contribution in [0.5, 0.6) is 0 Å². The Labute approximate surface area is 104 Å². The van der Waals surface area contributed by atoms with Crippen LogP contribution in [0, 0.1) is 10.8 Å². The number of Topliss-reactive ketones (excluding diaryl/α,β-unsaturated/α-hetero) is 1. The quantitative estimate of drug-likeness (QED) is 0.695. The summed E-state index contributed by atoms with van der Waals surface area (Å²) in [6.07, 6.45) is 0. The van der Waals surface area contributed by atoms with E-state index in [1.807, 2.05) is 0 Å². The molecule has 0 amide bonds.